The van der Waals surface area contributed by atoms with E-state index in [4.69, 9.17) is 5.48 Å². The van der Waals surface area contributed by atoms with Crippen LogP contribution in [0.25, 0.3) is 138 Å². The fourth-order valence-corrected chi connectivity index (χ4v) is 17.4. The molecule has 17 rings (SSSR count). The van der Waals surface area contributed by atoms with Crippen LogP contribution in [0.3, 0.4) is 0 Å². The molecule has 6 heterocycles. The van der Waals surface area contributed by atoms with Crippen molar-refractivity contribution in [1.29, 1.82) is 0 Å². The molecule has 1 fully saturated rings. The van der Waals surface area contributed by atoms with Gasteiger partial charge in [0.1, 0.15) is 21.1 Å². The Balaban J connectivity index is 0.000000115. The molecule has 0 saturated heterocycles. The molecule has 0 amide bonds. The SMILES string of the molecule is Cc1ccccc1-c1cc2sc3c4ccc(-c5ccccc5)cc4ccc3c2c[n+]1C.[2H]C([2H])([2H])c1ccc(-c2cc3sc4c5ccccc5ccc4c3c[n+]2C)c(C)c1.[2H]C1(c2ccc3c(ccc4c5c[n+](C)c(-c6ccccc6C)cc5sc34)c2)CCCCC1. The first-order valence-electron chi connectivity index (χ1n) is 32.7. The molecule has 0 atom stereocenters. The summed E-state index contributed by atoms with van der Waals surface area (Å²) in [5.41, 5.74) is 14.9. The van der Waals surface area contributed by atoms with E-state index in [1.54, 1.807) is 12.1 Å². The summed E-state index contributed by atoms with van der Waals surface area (Å²) in [6, 6.07) is 75.9. The van der Waals surface area contributed by atoms with Crippen molar-refractivity contribution in [3.8, 4) is 44.9 Å². The number of hydrogen-bond acceptors (Lipinski definition) is 3. The molecule has 6 heteroatoms. The zero-order valence-corrected chi connectivity index (χ0v) is 53.0. The van der Waals surface area contributed by atoms with Crippen molar-refractivity contribution >= 4 is 127 Å². The second-order valence-corrected chi connectivity index (χ2v) is 27.2. The first-order chi connectivity index (χ1) is 44.5. The van der Waals surface area contributed by atoms with E-state index in [0.717, 1.165) is 29.7 Å². The van der Waals surface area contributed by atoms with Gasteiger partial charge in [-0.2, -0.15) is 0 Å². The van der Waals surface area contributed by atoms with Gasteiger partial charge in [-0.3, -0.25) is 0 Å². The lowest BCUT2D eigenvalue weighted by molar-refractivity contribution is -0.659. The second-order valence-electron chi connectivity index (χ2n) is 24.1. The summed E-state index contributed by atoms with van der Waals surface area (Å²) in [6.45, 7) is 4.26. The molecule has 0 N–H and O–H groups in total. The van der Waals surface area contributed by atoms with Gasteiger partial charge in [-0.1, -0.05) is 195 Å². The molecule has 0 radical (unpaired) electrons. The standard InChI is InChI=1S/C29H28NS.C29H22NS.C24H20NS/c2*1-19-8-6-7-11-23(19)27-17-28-26(18-30(27)2)25-15-13-22-16-21(20-9-4-3-5-10-20)12-14-24(22)29(25)31-28;1-15-8-10-18(16(2)12-15)22-13-23-21(14-25(22)3)20-11-9-17-6-4-5-7-19(17)24(20)26-23/h6-8,11-18,20H,3-5,9-10H2,1-2H3;3-18H,1-2H3;4-14H,1-3H3/q3*+1/i20D;;1D3. The Hall–Kier alpha value is -8.91. The maximum absolute atomic E-state index is 9.03. The summed E-state index contributed by atoms with van der Waals surface area (Å²) in [6.07, 6.45) is 12.4. The highest BCUT2D eigenvalue weighted by molar-refractivity contribution is 7.27. The van der Waals surface area contributed by atoms with Crippen LogP contribution in [0.4, 0.5) is 0 Å². The molecule has 0 spiro atoms. The number of rotatable bonds is 5. The minimum absolute atomic E-state index is 0.385. The maximum atomic E-state index is 9.03. The predicted molar refractivity (Wildman–Crippen MR) is 381 cm³/mol. The van der Waals surface area contributed by atoms with Crippen LogP contribution in [0.5, 0.6) is 0 Å². The van der Waals surface area contributed by atoms with Gasteiger partial charge in [0.15, 0.2) is 18.6 Å². The third-order valence-electron chi connectivity index (χ3n) is 18.4. The second kappa shape index (κ2) is 23.0. The molecule has 0 unspecified atom stereocenters. The summed E-state index contributed by atoms with van der Waals surface area (Å²) in [5.74, 6) is -0.405. The van der Waals surface area contributed by atoms with Crippen LogP contribution in [0.2, 0.25) is 0 Å². The molecule has 16 aromatic rings. The minimum Gasteiger partial charge on any atom is -0.200 e. The molecule has 0 aliphatic heterocycles. The first kappa shape index (κ1) is 51.2. The molecule has 3 nitrogen and oxygen atoms in total. The molecule has 1 aliphatic rings. The van der Waals surface area contributed by atoms with Gasteiger partial charge in [-0.25, -0.2) is 13.7 Å². The number of nitrogens with zero attached hydrogens (tertiary/aromatic N) is 3. The van der Waals surface area contributed by atoms with Gasteiger partial charge in [0.2, 0.25) is 17.1 Å². The monoisotopic (exact) mass is 1200 g/mol. The van der Waals surface area contributed by atoms with Gasteiger partial charge < -0.3 is 0 Å². The Kier molecular flexibility index (Phi) is 13.4. The number of pyridine rings is 3. The van der Waals surface area contributed by atoms with Gasteiger partial charge >= 0.3 is 0 Å². The first-order valence-corrected chi connectivity index (χ1v) is 33.1. The normalized spacial score (nSPS) is 14.1. The van der Waals surface area contributed by atoms with Gasteiger partial charge in [-0.15, -0.1) is 34.0 Å². The van der Waals surface area contributed by atoms with E-state index in [1.807, 2.05) is 47.0 Å². The van der Waals surface area contributed by atoms with Gasteiger partial charge in [0, 0.05) is 84.7 Å². The van der Waals surface area contributed by atoms with Crippen LogP contribution in [-0.2, 0) is 21.1 Å². The number of thiophene rings is 3. The van der Waals surface area contributed by atoms with Crippen LogP contribution in [0.15, 0.2) is 231 Å². The zero-order chi connectivity index (χ0) is 63.2. The predicted octanol–water partition coefficient (Wildman–Crippen LogP) is 22.0. The summed E-state index contributed by atoms with van der Waals surface area (Å²) in [4.78, 5) is 0. The topological polar surface area (TPSA) is 11.6 Å². The number of fused-ring (bicyclic) bond motifs is 15. The Labute approximate surface area is 532 Å². The number of benzene rings is 10. The molecule has 10 aromatic carbocycles. The van der Waals surface area contributed by atoms with Crippen molar-refractivity contribution in [2.75, 3.05) is 0 Å². The largest absolute Gasteiger partial charge is 0.213 e. The van der Waals surface area contributed by atoms with Crippen molar-refractivity contribution in [2.45, 2.75) is 65.6 Å². The van der Waals surface area contributed by atoms with E-state index in [2.05, 4.69) is 261 Å². The van der Waals surface area contributed by atoms with Crippen LogP contribution >= 0.6 is 34.0 Å². The lowest BCUT2D eigenvalue weighted by atomic mass is 9.83. The lowest BCUT2D eigenvalue weighted by Crippen LogP contribution is -2.30. The van der Waals surface area contributed by atoms with Crippen molar-refractivity contribution in [3.05, 3.63) is 259 Å². The van der Waals surface area contributed by atoms with E-state index >= 15 is 0 Å². The van der Waals surface area contributed by atoms with Crippen LogP contribution in [0, 0.1) is 27.6 Å². The molecule has 428 valence electrons. The Morgan fingerprint density at radius 2 is 0.818 bits per heavy atom. The number of aromatic nitrogens is 3. The van der Waals surface area contributed by atoms with E-state index in [9.17, 15) is 0 Å². The van der Waals surface area contributed by atoms with Gasteiger partial charge in [-0.05, 0) is 136 Å². The Morgan fingerprint density at radius 3 is 1.35 bits per heavy atom. The highest BCUT2D eigenvalue weighted by atomic mass is 32.1. The zero-order valence-electron chi connectivity index (χ0n) is 54.5. The number of aryl methyl sites for hydroxylation is 7. The minimum atomic E-state index is -2.08. The smallest absolute Gasteiger partial charge is 0.200 e. The summed E-state index contributed by atoms with van der Waals surface area (Å²) in [7, 11) is 6.35. The van der Waals surface area contributed by atoms with Crippen molar-refractivity contribution in [3.63, 3.8) is 0 Å². The maximum Gasteiger partial charge on any atom is 0.213 e. The van der Waals surface area contributed by atoms with E-state index in [1.165, 1.54) is 162 Å². The van der Waals surface area contributed by atoms with E-state index in [-0.39, 0.29) is 0 Å². The Bertz CT molecular complexity index is 5600. The summed E-state index contributed by atoms with van der Waals surface area (Å²) in [5, 5.41) is 15.6. The average Bonchev–Trinajstić information content (AvgIpc) is 1.59. The third kappa shape index (κ3) is 10.1. The molecule has 1 aliphatic carbocycles. The average molecular weight is 1200 g/mol. The lowest BCUT2D eigenvalue weighted by Gasteiger charge is -2.22. The fourth-order valence-electron chi connectivity index (χ4n) is 13.7. The quantitative estimate of drug-likeness (QED) is 0.152. The van der Waals surface area contributed by atoms with E-state index in [0.29, 0.717) is 5.56 Å². The van der Waals surface area contributed by atoms with Crippen molar-refractivity contribution in [2.24, 2.45) is 21.1 Å². The molecular weight excluding hydrogens is 1120 g/mol. The number of hydrogen-bond donors (Lipinski definition) is 0. The van der Waals surface area contributed by atoms with Gasteiger partial charge in [0.25, 0.3) is 0 Å². The molecule has 0 bridgehead atoms. The molecule has 88 heavy (non-hydrogen) atoms. The molecule has 1 saturated carbocycles. The van der Waals surface area contributed by atoms with Crippen LogP contribution in [-0.4, -0.2) is 0 Å². The molecular formula is C82H70N3S3+3. The van der Waals surface area contributed by atoms with Crippen molar-refractivity contribution < 1.29 is 19.2 Å². The van der Waals surface area contributed by atoms with E-state index < -0.39 is 12.7 Å². The Morgan fingerprint density at radius 1 is 0.364 bits per heavy atom. The summed E-state index contributed by atoms with van der Waals surface area (Å²) < 4.78 is 46.6. The highest BCUT2D eigenvalue weighted by Crippen LogP contribution is 2.44. The molecule has 6 aromatic heterocycles. The van der Waals surface area contributed by atoms with Gasteiger partial charge in [0.05, 0.1) is 16.2 Å². The van der Waals surface area contributed by atoms with Crippen LogP contribution in [0.1, 0.15) is 71.3 Å². The fraction of sp³-hybridized carbons (Fsp3) is 0.159. The highest BCUT2D eigenvalue weighted by Gasteiger charge is 2.23. The third-order valence-corrected chi connectivity index (χ3v) is 22.0. The summed E-state index contributed by atoms with van der Waals surface area (Å²) >= 11 is 5.62. The van der Waals surface area contributed by atoms with Crippen LogP contribution < -0.4 is 13.7 Å². The van der Waals surface area contributed by atoms with Crippen molar-refractivity contribution in [1.82, 2.24) is 0 Å².